The van der Waals surface area contributed by atoms with Gasteiger partial charge in [0, 0.05) is 11.1 Å². The summed E-state index contributed by atoms with van der Waals surface area (Å²) in [5.74, 6) is -0.0135. The van der Waals surface area contributed by atoms with Crippen LogP contribution in [0.1, 0.15) is 13.3 Å². The molecule has 122 valence electrons. The highest BCUT2D eigenvalue weighted by Crippen LogP contribution is 2.28. The molecule has 1 aromatic heterocycles. The minimum atomic E-state index is -0.336. The number of hydrogen-bond donors (Lipinski definition) is 0. The Balaban J connectivity index is 2.02. The van der Waals surface area contributed by atoms with Gasteiger partial charge in [-0.1, -0.05) is 6.92 Å². The summed E-state index contributed by atoms with van der Waals surface area (Å²) in [6.45, 7) is 2.45. The van der Waals surface area contributed by atoms with Crippen molar-refractivity contribution < 1.29 is 13.5 Å². The van der Waals surface area contributed by atoms with E-state index in [1.54, 1.807) is 24.3 Å². The van der Waals surface area contributed by atoms with Crippen molar-refractivity contribution in [3.8, 4) is 28.5 Å². The molecule has 0 amide bonds. The van der Waals surface area contributed by atoms with Crippen LogP contribution in [0.4, 0.5) is 8.78 Å². The molecule has 24 heavy (non-hydrogen) atoms. The quantitative estimate of drug-likeness (QED) is 0.702. The van der Waals surface area contributed by atoms with E-state index in [1.807, 2.05) is 6.92 Å². The van der Waals surface area contributed by atoms with Crippen molar-refractivity contribution >= 4 is 0 Å². The van der Waals surface area contributed by atoms with Gasteiger partial charge in [0.2, 0.25) is 5.88 Å². The first-order valence-corrected chi connectivity index (χ1v) is 7.57. The largest absolute Gasteiger partial charge is 0.476 e. The van der Waals surface area contributed by atoms with Gasteiger partial charge in [0.25, 0.3) is 0 Å². The van der Waals surface area contributed by atoms with Crippen molar-refractivity contribution in [2.45, 2.75) is 13.3 Å². The highest BCUT2D eigenvalue weighted by Gasteiger charge is 2.14. The fourth-order valence-electron chi connectivity index (χ4n) is 2.12. The summed E-state index contributed by atoms with van der Waals surface area (Å²) < 4.78 is 31.8. The van der Waals surface area contributed by atoms with Crippen molar-refractivity contribution in [3.05, 3.63) is 60.2 Å². The first-order valence-electron chi connectivity index (χ1n) is 7.57. The Morgan fingerprint density at radius 2 is 1.42 bits per heavy atom. The summed E-state index contributed by atoms with van der Waals surface area (Å²) in [6, 6.07) is 11.7. The molecule has 3 aromatic rings. The van der Waals surface area contributed by atoms with Crippen molar-refractivity contribution in [3.63, 3.8) is 0 Å². The van der Waals surface area contributed by atoms with Gasteiger partial charge in [0.05, 0.1) is 6.61 Å². The first-order chi connectivity index (χ1) is 11.7. The summed E-state index contributed by atoms with van der Waals surface area (Å²) in [5.41, 5.74) is 1.73. The molecule has 0 bridgehead atoms. The maximum atomic E-state index is 13.1. The summed E-state index contributed by atoms with van der Waals surface area (Å²) in [5, 5.41) is 8.27. The number of benzene rings is 2. The van der Waals surface area contributed by atoms with Crippen molar-refractivity contribution in [1.82, 2.24) is 15.2 Å². The lowest BCUT2D eigenvalue weighted by atomic mass is 10.1. The van der Waals surface area contributed by atoms with Crippen molar-refractivity contribution in [2.75, 3.05) is 6.61 Å². The molecule has 0 unspecified atom stereocenters. The minimum Gasteiger partial charge on any atom is -0.476 e. The van der Waals surface area contributed by atoms with Crippen LogP contribution in [0, 0.1) is 11.6 Å². The molecule has 0 N–H and O–H groups in total. The number of aromatic nitrogens is 3. The van der Waals surface area contributed by atoms with Gasteiger partial charge in [0.1, 0.15) is 11.6 Å². The molecule has 1 heterocycles. The van der Waals surface area contributed by atoms with E-state index in [-0.39, 0.29) is 11.6 Å². The Labute approximate surface area is 138 Å². The molecule has 0 aliphatic carbocycles. The molecular weight excluding hydrogens is 312 g/mol. The van der Waals surface area contributed by atoms with Gasteiger partial charge < -0.3 is 4.74 Å². The first kappa shape index (κ1) is 16.0. The average Bonchev–Trinajstić information content (AvgIpc) is 2.61. The lowest BCUT2D eigenvalue weighted by molar-refractivity contribution is 0.305. The van der Waals surface area contributed by atoms with E-state index in [0.29, 0.717) is 35.1 Å². The monoisotopic (exact) mass is 327 g/mol. The van der Waals surface area contributed by atoms with Gasteiger partial charge in [-0.2, -0.15) is 4.98 Å². The fourth-order valence-corrected chi connectivity index (χ4v) is 2.12. The van der Waals surface area contributed by atoms with E-state index in [4.69, 9.17) is 4.74 Å². The van der Waals surface area contributed by atoms with Crippen LogP contribution in [0.3, 0.4) is 0 Å². The van der Waals surface area contributed by atoms with Gasteiger partial charge in [-0.3, -0.25) is 0 Å². The average molecular weight is 327 g/mol. The van der Waals surface area contributed by atoms with E-state index in [9.17, 15) is 8.78 Å². The van der Waals surface area contributed by atoms with Crippen LogP contribution < -0.4 is 4.74 Å². The van der Waals surface area contributed by atoms with Crippen LogP contribution in [0.25, 0.3) is 22.6 Å². The smallest absolute Gasteiger partial charge is 0.244 e. The zero-order chi connectivity index (χ0) is 16.9. The molecule has 0 aliphatic heterocycles. The van der Waals surface area contributed by atoms with E-state index in [0.717, 1.165) is 6.42 Å². The summed E-state index contributed by atoms with van der Waals surface area (Å²) in [6.07, 6.45) is 0.804. The molecule has 0 aliphatic rings. The number of halogens is 2. The van der Waals surface area contributed by atoms with Crippen LogP contribution in [0.15, 0.2) is 48.5 Å². The third-order valence-electron chi connectivity index (χ3n) is 3.32. The van der Waals surface area contributed by atoms with Crippen LogP contribution in [-0.2, 0) is 0 Å². The van der Waals surface area contributed by atoms with E-state index in [2.05, 4.69) is 15.2 Å². The fraction of sp³-hybridized carbons (Fsp3) is 0.167. The van der Waals surface area contributed by atoms with Gasteiger partial charge >= 0.3 is 0 Å². The SMILES string of the molecule is CCCOc1nc(-c2ccc(F)cc2)nnc1-c1ccc(F)cc1. The maximum Gasteiger partial charge on any atom is 0.244 e. The van der Waals surface area contributed by atoms with Crippen LogP contribution in [0.2, 0.25) is 0 Å². The highest BCUT2D eigenvalue weighted by molar-refractivity contribution is 5.65. The Morgan fingerprint density at radius 1 is 0.833 bits per heavy atom. The molecule has 2 aromatic carbocycles. The molecule has 0 saturated heterocycles. The van der Waals surface area contributed by atoms with E-state index in [1.165, 1.54) is 24.3 Å². The molecule has 0 atom stereocenters. The predicted octanol–water partition coefficient (Wildman–Crippen LogP) is 4.27. The molecule has 0 radical (unpaired) electrons. The molecule has 0 fully saturated rings. The summed E-state index contributed by atoms with van der Waals surface area (Å²) in [7, 11) is 0. The zero-order valence-corrected chi connectivity index (χ0v) is 13.0. The lowest BCUT2D eigenvalue weighted by Gasteiger charge is -2.10. The number of hydrogen-bond acceptors (Lipinski definition) is 4. The predicted molar refractivity (Wildman–Crippen MR) is 86.4 cm³/mol. The molecular formula is C18H15F2N3O. The lowest BCUT2D eigenvalue weighted by Crippen LogP contribution is -2.04. The van der Waals surface area contributed by atoms with E-state index >= 15 is 0 Å². The van der Waals surface area contributed by atoms with Gasteiger partial charge in [-0.05, 0) is 55.0 Å². The Bertz CT molecular complexity index is 821. The van der Waals surface area contributed by atoms with Crippen molar-refractivity contribution in [2.24, 2.45) is 0 Å². The van der Waals surface area contributed by atoms with E-state index < -0.39 is 0 Å². The van der Waals surface area contributed by atoms with Gasteiger partial charge in [-0.25, -0.2) is 8.78 Å². The van der Waals surface area contributed by atoms with Crippen LogP contribution in [0.5, 0.6) is 5.88 Å². The molecule has 0 spiro atoms. The van der Waals surface area contributed by atoms with Crippen LogP contribution >= 0.6 is 0 Å². The summed E-state index contributed by atoms with van der Waals surface area (Å²) in [4.78, 5) is 4.40. The molecule has 4 nitrogen and oxygen atoms in total. The maximum absolute atomic E-state index is 13.1. The standard InChI is InChI=1S/C18H15F2N3O/c1-2-11-24-18-16(12-3-7-14(19)8-4-12)22-23-17(21-18)13-5-9-15(20)10-6-13/h3-10H,2,11H2,1H3. The summed E-state index contributed by atoms with van der Waals surface area (Å²) >= 11 is 0. The van der Waals surface area contributed by atoms with Crippen LogP contribution in [-0.4, -0.2) is 21.8 Å². The second-order valence-corrected chi connectivity index (χ2v) is 5.15. The normalized spacial score (nSPS) is 10.6. The number of rotatable bonds is 5. The molecule has 6 heteroatoms. The van der Waals surface area contributed by atoms with Crippen molar-refractivity contribution in [1.29, 1.82) is 0 Å². The second kappa shape index (κ2) is 7.12. The van der Waals surface area contributed by atoms with Gasteiger partial charge in [-0.15, -0.1) is 10.2 Å². The number of nitrogens with zero attached hydrogens (tertiary/aromatic N) is 3. The Morgan fingerprint density at radius 3 is 2.00 bits per heavy atom. The topological polar surface area (TPSA) is 47.9 Å². The third-order valence-corrected chi connectivity index (χ3v) is 3.32. The molecule has 3 rings (SSSR count). The number of ether oxygens (including phenoxy) is 1. The Hall–Kier alpha value is -2.89. The highest BCUT2D eigenvalue weighted by atomic mass is 19.1. The zero-order valence-electron chi connectivity index (χ0n) is 13.0. The minimum absolute atomic E-state index is 0.317. The second-order valence-electron chi connectivity index (χ2n) is 5.15. The third kappa shape index (κ3) is 3.53. The Kier molecular flexibility index (Phi) is 4.74. The molecule has 0 saturated carbocycles. The van der Waals surface area contributed by atoms with Gasteiger partial charge in [0.15, 0.2) is 11.5 Å².